The summed E-state index contributed by atoms with van der Waals surface area (Å²) in [5.74, 6) is 5.72. The molecule has 3 rings (SSSR count). The van der Waals surface area contributed by atoms with E-state index in [1.807, 2.05) is 30.3 Å². The number of nitrogens with one attached hydrogen (secondary N) is 1. The van der Waals surface area contributed by atoms with Crippen LogP contribution in [0.1, 0.15) is 17.2 Å². The molecule has 0 saturated heterocycles. The van der Waals surface area contributed by atoms with Crippen molar-refractivity contribution < 1.29 is 0 Å². The Hall–Kier alpha value is -2.49. The minimum absolute atomic E-state index is 0.0298. The highest BCUT2D eigenvalue weighted by atomic mass is 15.2. The van der Waals surface area contributed by atoms with Crippen molar-refractivity contribution in [2.24, 2.45) is 5.84 Å². The molecular weight excluding hydrogens is 258 g/mol. The highest BCUT2D eigenvalue weighted by Crippen LogP contribution is 2.24. The van der Waals surface area contributed by atoms with Crippen LogP contribution < -0.4 is 11.3 Å². The van der Waals surface area contributed by atoms with Crippen LogP contribution in [0.15, 0.2) is 79.1 Å². The summed E-state index contributed by atoms with van der Waals surface area (Å²) < 4.78 is 0. The van der Waals surface area contributed by atoms with Crippen LogP contribution in [0.2, 0.25) is 0 Å². The van der Waals surface area contributed by atoms with Gasteiger partial charge in [-0.3, -0.25) is 10.8 Å². The molecule has 0 fully saturated rings. The summed E-state index contributed by atoms with van der Waals surface area (Å²) in [6.07, 6.45) is 3.55. The van der Waals surface area contributed by atoms with Crippen LogP contribution >= 0.6 is 0 Å². The Bertz CT molecular complexity index is 679. The number of nitrogens with zero attached hydrogens (tertiary/aromatic N) is 1. The normalized spacial score (nSPS) is 12.0. The summed E-state index contributed by atoms with van der Waals surface area (Å²) in [6, 6.07) is 22.7. The molecule has 0 bridgehead atoms. The third-order valence-corrected chi connectivity index (χ3v) is 3.56. The fraction of sp³-hybridized carbons (Fsp3) is 0.0556. The van der Waals surface area contributed by atoms with Gasteiger partial charge < -0.3 is 0 Å². The average molecular weight is 275 g/mol. The summed E-state index contributed by atoms with van der Waals surface area (Å²) in [5, 5.41) is 0. The van der Waals surface area contributed by atoms with Crippen LogP contribution in [-0.2, 0) is 0 Å². The predicted molar refractivity (Wildman–Crippen MR) is 85.3 cm³/mol. The molecule has 21 heavy (non-hydrogen) atoms. The molecule has 1 atom stereocenters. The van der Waals surface area contributed by atoms with E-state index in [9.17, 15) is 0 Å². The smallest absolute Gasteiger partial charge is 0.0711 e. The zero-order chi connectivity index (χ0) is 14.5. The molecule has 3 N–H and O–H groups in total. The van der Waals surface area contributed by atoms with E-state index >= 15 is 0 Å². The van der Waals surface area contributed by atoms with Gasteiger partial charge in [-0.05, 0) is 34.4 Å². The maximum absolute atomic E-state index is 5.72. The largest absolute Gasteiger partial charge is 0.271 e. The van der Waals surface area contributed by atoms with Gasteiger partial charge in [-0.2, -0.15) is 0 Å². The molecular formula is C18H17N3. The molecule has 0 aliphatic heterocycles. The Kier molecular flexibility index (Phi) is 4.05. The van der Waals surface area contributed by atoms with Gasteiger partial charge in [0.15, 0.2) is 0 Å². The Labute approximate surface area is 124 Å². The number of aromatic nitrogens is 1. The van der Waals surface area contributed by atoms with E-state index in [-0.39, 0.29) is 6.04 Å². The fourth-order valence-corrected chi connectivity index (χ4v) is 2.44. The zero-order valence-corrected chi connectivity index (χ0v) is 11.6. The van der Waals surface area contributed by atoms with Gasteiger partial charge in [0.1, 0.15) is 0 Å². The molecule has 2 aromatic carbocycles. The molecule has 104 valence electrons. The zero-order valence-electron chi connectivity index (χ0n) is 11.6. The maximum atomic E-state index is 5.72. The molecule has 1 heterocycles. The fourth-order valence-electron chi connectivity index (χ4n) is 2.44. The summed E-state index contributed by atoms with van der Waals surface area (Å²) in [4.78, 5) is 4.04. The van der Waals surface area contributed by atoms with E-state index in [0.29, 0.717) is 0 Å². The van der Waals surface area contributed by atoms with E-state index in [4.69, 9.17) is 5.84 Å². The number of hydrogen-bond donors (Lipinski definition) is 2. The van der Waals surface area contributed by atoms with Gasteiger partial charge in [0.05, 0.1) is 6.04 Å². The number of benzene rings is 2. The molecule has 0 aliphatic rings. The highest BCUT2D eigenvalue weighted by Gasteiger charge is 2.11. The number of hydrazine groups is 1. The van der Waals surface area contributed by atoms with Crippen molar-refractivity contribution >= 4 is 0 Å². The SMILES string of the molecule is NNC(c1ccncc1)c1ccc(-c2ccccc2)cc1. The molecule has 0 saturated carbocycles. The summed E-state index contributed by atoms with van der Waals surface area (Å²) >= 11 is 0. The summed E-state index contributed by atoms with van der Waals surface area (Å²) in [5.41, 5.74) is 7.50. The first-order valence-electron chi connectivity index (χ1n) is 6.90. The first-order valence-corrected chi connectivity index (χ1v) is 6.90. The Balaban J connectivity index is 1.90. The highest BCUT2D eigenvalue weighted by molar-refractivity contribution is 5.63. The summed E-state index contributed by atoms with van der Waals surface area (Å²) in [6.45, 7) is 0. The predicted octanol–water partition coefficient (Wildman–Crippen LogP) is 3.30. The third kappa shape index (κ3) is 2.99. The second-order valence-electron chi connectivity index (χ2n) is 4.87. The van der Waals surface area contributed by atoms with Gasteiger partial charge >= 0.3 is 0 Å². The summed E-state index contributed by atoms with van der Waals surface area (Å²) in [7, 11) is 0. The van der Waals surface area contributed by atoms with Crippen molar-refractivity contribution in [3.8, 4) is 11.1 Å². The molecule has 3 heteroatoms. The van der Waals surface area contributed by atoms with Crippen LogP contribution in [0, 0.1) is 0 Å². The van der Waals surface area contributed by atoms with E-state index < -0.39 is 0 Å². The maximum Gasteiger partial charge on any atom is 0.0711 e. The van der Waals surface area contributed by atoms with E-state index in [0.717, 1.165) is 11.1 Å². The first-order chi connectivity index (χ1) is 10.4. The third-order valence-electron chi connectivity index (χ3n) is 3.56. The molecule has 0 spiro atoms. The minimum Gasteiger partial charge on any atom is -0.271 e. The molecule has 3 aromatic rings. The van der Waals surface area contributed by atoms with E-state index in [2.05, 4.69) is 46.8 Å². The van der Waals surface area contributed by atoms with Crippen molar-refractivity contribution in [1.82, 2.24) is 10.4 Å². The van der Waals surface area contributed by atoms with Gasteiger partial charge in [0, 0.05) is 12.4 Å². The van der Waals surface area contributed by atoms with Gasteiger partial charge in [-0.15, -0.1) is 0 Å². The number of rotatable bonds is 4. The Morgan fingerprint density at radius 3 is 1.90 bits per heavy atom. The lowest BCUT2D eigenvalue weighted by atomic mass is 9.97. The van der Waals surface area contributed by atoms with Crippen molar-refractivity contribution in [3.05, 3.63) is 90.3 Å². The lowest BCUT2D eigenvalue weighted by Gasteiger charge is -2.17. The average Bonchev–Trinajstić information content (AvgIpc) is 2.58. The number of nitrogens with two attached hydrogens (primary N) is 1. The Morgan fingerprint density at radius 2 is 1.29 bits per heavy atom. The quantitative estimate of drug-likeness (QED) is 0.567. The van der Waals surface area contributed by atoms with Crippen LogP contribution in [0.4, 0.5) is 0 Å². The van der Waals surface area contributed by atoms with Gasteiger partial charge in [0.25, 0.3) is 0 Å². The topological polar surface area (TPSA) is 50.9 Å². The Morgan fingerprint density at radius 1 is 0.714 bits per heavy atom. The van der Waals surface area contributed by atoms with Crippen molar-refractivity contribution in [2.45, 2.75) is 6.04 Å². The first kappa shape index (κ1) is 13.5. The molecule has 1 aromatic heterocycles. The van der Waals surface area contributed by atoms with Crippen molar-refractivity contribution in [3.63, 3.8) is 0 Å². The van der Waals surface area contributed by atoms with Gasteiger partial charge in [-0.25, -0.2) is 5.43 Å². The lowest BCUT2D eigenvalue weighted by molar-refractivity contribution is 0.636. The van der Waals surface area contributed by atoms with Crippen LogP contribution in [0.5, 0.6) is 0 Å². The van der Waals surface area contributed by atoms with Gasteiger partial charge in [-0.1, -0.05) is 54.6 Å². The van der Waals surface area contributed by atoms with Crippen molar-refractivity contribution in [1.29, 1.82) is 0 Å². The molecule has 1 unspecified atom stereocenters. The minimum atomic E-state index is -0.0298. The second-order valence-corrected chi connectivity index (χ2v) is 4.87. The molecule has 0 amide bonds. The van der Waals surface area contributed by atoms with Gasteiger partial charge in [0.2, 0.25) is 0 Å². The standard InChI is InChI=1S/C18H17N3/c19-21-18(17-10-12-20-13-11-17)16-8-6-15(7-9-16)14-4-2-1-3-5-14/h1-13,18,21H,19H2. The van der Waals surface area contributed by atoms with E-state index in [1.54, 1.807) is 12.4 Å². The van der Waals surface area contributed by atoms with Crippen LogP contribution in [0.3, 0.4) is 0 Å². The van der Waals surface area contributed by atoms with Crippen molar-refractivity contribution in [2.75, 3.05) is 0 Å². The van der Waals surface area contributed by atoms with E-state index in [1.165, 1.54) is 11.1 Å². The second kappa shape index (κ2) is 6.31. The molecule has 0 aliphatic carbocycles. The molecule has 3 nitrogen and oxygen atoms in total. The monoisotopic (exact) mass is 275 g/mol. The van der Waals surface area contributed by atoms with Crippen LogP contribution in [-0.4, -0.2) is 4.98 Å². The van der Waals surface area contributed by atoms with Crippen LogP contribution in [0.25, 0.3) is 11.1 Å². The number of pyridine rings is 1. The lowest BCUT2D eigenvalue weighted by Crippen LogP contribution is -2.28. The molecule has 0 radical (unpaired) electrons. The number of hydrogen-bond acceptors (Lipinski definition) is 3.